The van der Waals surface area contributed by atoms with Crippen molar-refractivity contribution in [2.45, 2.75) is 39.8 Å². The zero-order valence-corrected chi connectivity index (χ0v) is 16.8. The zero-order valence-electron chi connectivity index (χ0n) is 16.8. The topological polar surface area (TPSA) is 70.4 Å². The van der Waals surface area contributed by atoms with Crippen LogP contribution in [0.3, 0.4) is 0 Å². The molecule has 0 aliphatic heterocycles. The van der Waals surface area contributed by atoms with Gasteiger partial charge in [-0.25, -0.2) is 4.79 Å². The Labute approximate surface area is 166 Å². The van der Waals surface area contributed by atoms with Crippen LogP contribution in [0.1, 0.15) is 38.3 Å². The molecule has 28 heavy (non-hydrogen) atoms. The third-order valence-corrected chi connectivity index (χ3v) is 4.70. The van der Waals surface area contributed by atoms with E-state index in [1.54, 1.807) is 17.9 Å². The summed E-state index contributed by atoms with van der Waals surface area (Å²) in [6.45, 7) is 5.91. The van der Waals surface area contributed by atoms with Gasteiger partial charge in [-0.2, -0.15) is 5.26 Å². The summed E-state index contributed by atoms with van der Waals surface area (Å²) in [6.07, 6.45) is 0.313. The maximum atomic E-state index is 12.5. The highest BCUT2D eigenvalue weighted by molar-refractivity contribution is 5.84. The van der Waals surface area contributed by atoms with Crippen LogP contribution in [-0.4, -0.2) is 29.9 Å². The third-order valence-electron chi connectivity index (χ3n) is 4.70. The Bertz CT molecular complexity index is 866. The van der Waals surface area contributed by atoms with E-state index >= 15 is 0 Å². The molecule has 0 unspecified atom stereocenters. The van der Waals surface area contributed by atoms with Gasteiger partial charge >= 0.3 is 5.97 Å². The molecule has 0 fully saturated rings. The first-order chi connectivity index (χ1) is 13.4. The molecule has 2 aromatic carbocycles. The number of carbonyl (C=O) groups excluding carboxylic acids is 2. The number of nitrogens with zero attached hydrogens (tertiary/aromatic N) is 2. The predicted octanol–water partition coefficient (Wildman–Crippen LogP) is 4.16. The first kappa shape index (κ1) is 21.2. The van der Waals surface area contributed by atoms with Crippen LogP contribution in [0.15, 0.2) is 48.5 Å². The summed E-state index contributed by atoms with van der Waals surface area (Å²) in [7, 11) is 1.34. The molecular weight excluding hydrogens is 352 g/mol. The normalized spacial score (nSPS) is 11.6. The van der Waals surface area contributed by atoms with Crippen LogP contribution in [0.2, 0.25) is 0 Å². The van der Waals surface area contributed by atoms with Gasteiger partial charge < -0.3 is 9.64 Å². The van der Waals surface area contributed by atoms with Crippen molar-refractivity contribution in [1.82, 2.24) is 4.90 Å². The van der Waals surface area contributed by atoms with Gasteiger partial charge in [-0.1, -0.05) is 63.2 Å². The molecule has 2 aromatic rings. The second kappa shape index (κ2) is 9.70. The zero-order chi connectivity index (χ0) is 20.7. The van der Waals surface area contributed by atoms with E-state index in [-0.39, 0.29) is 11.8 Å². The van der Waals surface area contributed by atoms with Crippen molar-refractivity contribution < 1.29 is 14.3 Å². The number of methoxy groups -OCH3 is 1. The van der Waals surface area contributed by atoms with E-state index in [9.17, 15) is 14.9 Å². The molecule has 0 aliphatic rings. The summed E-state index contributed by atoms with van der Waals surface area (Å²) in [5.74, 6) is -0.566. The van der Waals surface area contributed by atoms with E-state index in [2.05, 4.69) is 6.07 Å². The molecular formula is C23H26N2O3. The monoisotopic (exact) mass is 378 g/mol. The van der Waals surface area contributed by atoms with Gasteiger partial charge in [0, 0.05) is 13.0 Å². The number of carbonyl (C=O) groups is 2. The Hall–Kier alpha value is -3.13. The summed E-state index contributed by atoms with van der Waals surface area (Å²) in [5.41, 5.74) is 3.33. The van der Waals surface area contributed by atoms with Crippen molar-refractivity contribution in [3.63, 3.8) is 0 Å². The van der Waals surface area contributed by atoms with E-state index in [4.69, 9.17) is 4.74 Å². The number of rotatable bonds is 7. The SMILES string of the molecule is CCC(=O)N(Cc1ccc(-c2ccccc2C#N)cc1)[C@H](C(=O)OC)C(C)C. The van der Waals surface area contributed by atoms with E-state index in [0.717, 1.165) is 16.7 Å². The number of hydrogen-bond donors (Lipinski definition) is 0. The van der Waals surface area contributed by atoms with Crippen LogP contribution < -0.4 is 0 Å². The summed E-state index contributed by atoms with van der Waals surface area (Å²) in [4.78, 5) is 26.4. The smallest absolute Gasteiger partial charge is 0.328 e. The lowest BCUT2D eigenvalue weighted by molar-refractivity contribution is -0.155. The van der Waals surface area contributed by atoms with Crippen molar-refractivity contribution in [2.24, 2.45) is 5.92 Å². The number of amides is 1. The first-order valence-electron chi connectivity index (χ1n) is 9.38. The third kappa shape index (κ3) is 4.77. The molecule has 0 saturated heterocycles. The molecule has 0 spiro atoms. The molecule has 0 heterocycles. The van der Waals surface area contributed by atoms with E-state index in [1.807, 2.05) is 56.3 Å². The number of benzene rings is 2. The molecule has 1 atom stereocenters. The summed E-state index contributed by atoms with van der Waals surface area (Å²) in [5, 5.41) is 9.29. The molecule has 1 amide bonds. The maximum absolute atomic E-state index is 12.5. The predicted molar refractivity (Wildman–Crippen MR) is 108 cm³/mol. The van der Waals surface area contributed by atoms with Crippen molar-refractivity contribution in [3.8, 4) is 17.2 Å². The van der Waals surface area contributed by atoms with Crippen molar-refractivity contribution in [3.05, 3.63) is 59.7 Å². The van der Waals surface area contributed by atoms with Gasteiger partial charge in [-0.05, 0) is 28.7 Å². The van der Waals surface area contributed by atoms with Crippen LogP contribution >= 0.6 is 0 Å². The highest BCUT2D eigenvalue weighted by Gasteiger charge is 2.32. The van der Waals surface area contributed by atoms with Crippen molar-refractivity contribution in [1.29, 1.82) is 5.26 Å². The molecule has 0 aliphatic carbocycles. The van der Waals surface area contributed by atoms with Crippen LogP contribution in [0.4, 0.5) is 0 Å². The Morgan fingerprint density at radius 3 is 2.29 bits per heavy atom. The van der Waals surface area contributed by atoms with Gasteiger partial charge in [-0.3, -0.25) is 4.79 Å². The lowest BCUT2D eigenvalue weighted by Gasteiger charge is -2.32. The molecule has 0 bridgehead atoms. The molecule has 5 nitrogen and oxygen atoms in total. The van der Waals surface area contributed by atoms with E-state index < -0.39 is 12.0 Å². The molecule has 5 heteroatoms. The standard InChI is InChI=1S/C23H26N2O3/c1-5-21(26)25(22(16(2)3)23(27)28-4)15-17-10-12-18(13-11-17)20-9-7-6-8-19(20)14-24/h6-13,16,22H,5,15H2,1-4H3/t22-/m0/s1. The second-order valence-electron chi connectivity index (χ2n) is 6.94. The Morgan fingerprint density at radius 1 is 1.11 bits per heavy atom. The average Bonchev–Trinajstić information content (AvgIpc) is 2.72. The van der Waals surface area contributed by atoms with E-state index in [1.165, 1.54) is 7.11 Å². The lowest BCUT2D eigenvalue weighted by Crippen LogP contribution is -2.48. The number of nitriles is 1. The van der Waals surface area contributed by atoms with Gasteiger partial charge in [0.05, 0.1) is 18.7 Å². The van der Waals surface area contributed by atoms with Crippen LogP contribution in [0.5, 0.6) is 0 Å². The van der Waals surface area contributed by atoms with Crippen molar-refractivity contribution in [2.75, 3.05) is 7.11 Å². The van der Waals surface area contributed by atoms with Crippen LogP contribution in [0.25, 0.3) is 11.1 Å². The van der Waals surface area contributed by atoms with E-state index in [0.29, 0.717) is 18.5 Å². The number of hydrogen-bond acceptors (Lipinski definition) is 4. The van der Waals surface area contributed by atoms with Gasteiger partial charge in [0.1, 0.15) is 6.04 Å². The minimum Gasteiger partial charge on any atom is -0.467 e. The van der Waals surface area contributed by atoms with Gasteiger partial charge in [0.2, 0.25) is 5.91 Å². The van der Waals surface area contributed by atoms with Gasteiger partial charge in [0.15, 0.2) is 0 Å². The molecule has 0 saturated carbocycles. The molecule has 146 valence electrons. The quantitative estimate of drug-likeness (QED) is 0.678. The summed E-state index contributed by atoms with van der Waals surface area (Å²) < 4.78 is 4.93. The second-order valence-corrected chi connectivity index (χ2v) is 6.94. The fourth-order valence-electron chi connectivity index (χ4n) is 3.24. The summed E-state index contributed by atoms with van der Waals surface area (Å²) >= 11 is 0. The number of esters is 1. The van der Waals surface area contributed by atoms with Crippen LogP contribution in [-0.2, 0) is 20.9 Å². The molecule has 0 radical (unpaired) electrons. The van der Waals surface area contributed by atoms with Crippen molar-refractivity contribution >= 4 is 11.9 Å². The molecule has 0 N–H and O–H groups in total. The van der Waals surface area contributed by atoms with Gasteiger partial charge in [-0.15, -0.1) is 0 Å². The Balaban J connectivity index is 2.31. The van der Waals surface area contributed by atoms with Gasteiger partial charge in [0.25, 0.3) is 0 Å². The molecule has 0 aromatic heterocycles. The fraction of sp³-hybridized carbons (Fsp3) is 0.348. The summed E-state index contributed by atoms with van der Waals surface area (Å²) in [6, 6.07) is 16.7. The minimum absolute atomic E-state index is 0.0651. The average molecular weight is 378 g/mol. The maximum Gasteiger partial charge on any atom is 0.328 e. The highest BCUT2D eigenvalue weighted by Crippen LogP contribution is 2.25. The molecule has 2 rings (SSSR count). The fourth-order valence-corrected chi connectivity index (χ4v) is 3.24. The Morgan fingerprint density at radius 2 is 1.75 bits per heavy atom. The van der Waals surface area contributed by atoms with Crippen LogP contribution in [0, 0.1) is 17.2 Å². The Kier molecular flexibility index (Phi) is 7.34. The lowest BCUT2D eigenvalue weighted by atomic mass is 9.98. The largest absolute Gasteiger partial charge is 0.467 e. The first-order valence-corrected chi connectivity index (χ1v) is 9.38. The number of ether oxygens (including phenoxy) is 1. The highest BCUT2D eigenvalue weighted by atomic mass is 16.5. The minimum atomic E-state index is -0.628.